The molecule has 0 unspecified atom stereocenters. The lowest BCUT2D eigenvalue weighted by Gasteiger charge is -2.05. The lowest BCUT2D eigenvalue weighted by molar-refractivity contribution is -0.116. The van der Waals surface area contributed by atoms with Gasteiger partial charge in [0.1, 0.15) is 12.7 Å². The predicted molar refractivity (Wildman–Crippen MR) is 110 cm³/mol. The standard InChI is InChI=1S/C22H20N6O/c29-22(11-10-20-13-25-28(15-20)21-4-2-1-3-5-21)24-12-18-6-8-19(9-7-18)14-27-17-23-16-26-27/h1-11,13,15-17H,12,14H2,(H,24,29)/b11-10+. The van der Waals surface area contributed by atoms with E-state index in [1.165, 1.54) is 12.4 Å². The summed E-state index contributed by atoms with van der Waals surface area (Å²) < 4.78 is 3.54. The van der Waals surface area contributed by atoms with Gasteiger partial charge in [0.05, 0.1) is 18.4 Å². The summed E-state index contributed by atoms with van der Waals surface area (Å²) in [6.07, 6.45) is 10.1. The van der Waals surface area contributed by atoms with E-state index in [1.807, 2.05) is 60.8 Å². The SMILES string of the molecule is O=C(/C=C/c1cnn(-c2ccccc2)c1)NCc1ccc(Cn2cncn2)cc1. The first-order valence-corrected chi connectivity index (χ1v) is 9.22. The van der Waals surface area contributed by atoms with Gasteiger partial charge in [-0.1, -0.05) is 42.5 Å². The van der Waals surface area contributed by atoms with Crippen molar-refractivity contribution in [3.63, 3.8) is 0 Å². The van der Waals surface area contributed by atoms with Crippen molar-refractivity contribution in [1.29, 1.82) is 0 Å². The molecule has 0 aliphatic rings. The summed E-state index contributed by atoms with van der Waals surface area (Å²) in [5.41, 5.74) is 4.00. The number of hydrogen-bond donors (Lipinski definition) is 1. The molecule has 0 saturated heterocycles. The minimum Gasteiger partial charge on any atom is -0.348 e. The molecule has 144 valence electrons. The van der Waals surface area contributed by atoms with Gasteiger partial charge in [-0.25, -0.2) is 14.3 Å². The van der Waals surface area contributed by atoms with Gasteiger partial charge < -0.3 is 5.32 Å². The Balaban J connectivity index is 1.28. The summed E-state index contributed by atoms with van der Waals surface area (Å²) in [6.45, 7) is 1.14. The number of amides is 1. The molecule has 0 radical (unpaired) electrons. The summed E-state index contributed by atoms with van der Waals surface area (Å²) in [4.78, 5) is 16.0. The van der Waals surface area contributed by atoms with Gasteiger partial charge in [0.15, 0.2) is 0 Å². The van der Waals surface area contributed by atoms with Crippen LogP contribution in [-0.2, 0) is 17.9 Å². The maximum Gasteiger partial charge on any atom is 0.244 e. The number of nitrogens with zero attached hydrogens (tertiary/aromatic N) is 5. The lowest BCUT2D eigenvalue weighted by Crippen LogP contribution is -2.20. The molecular weight excluding hydrogens is 364 g/mol. The monoisotopic (exact) mass is 384 g/mol. The van der Waals surface area contributed by atoms with Crippen molar-refractivity contribution in [3.05, 3.63) is 102 Å². The van der Waals surface area contributed by atoms with Gasteiger partial charge in [0, 0.05) is 24.4 Å². The van der Waals surface area contributed by atoms with Gasteiger partial charge in [-0.05, 0) is 29.3 Å². The summed E-state index contributed by atoms with van der Waals surface area (Å²) in [5.74, 6) is -0.149. The first-order valence-electron chi connectivity index (χ1n) is 9.22. The number of carbonyl (C=O) groups is 1. The zero-order valence-electron chi connectivity index (χ0n) is 15.7. The van der Waals surface area contributed by atoms with Crippen molar-refractivity contribution in [2.75, 3.05) is 0 Å². The largest absolute Gasteiger partial charge is 0.348 e. The molecule has 2 aromatic carbocycles. The van der Waals surface area contributed by atoms with Crippen molar-refractivity contribution in [1.82, 2.24) is 29.9 Å². The molecule has 0 spiro atoms. The van der Waals surface area contributed by atoms with Gasteiger partial charge in [-0.3, -0.25) is 4.79 Å². The number of para-hydroxylation sites is 1. The second-order valence-corrected chi connectivity index (χ2v) is 6.51. The number of hydrogen-bond acceptors (Lipinski definition) is 4. The van der Waals surface area contributed by atoms with Crippen LogP contribution in [0.5, 0.6) is 0 Å². The third-order valence-electron chi connectivity index (χ3n) is 4.35. The van der Waals surface area contributed by atoms with Crippen LogP contribution in [0.2, 0.25) is 0 Å². The zero-order valence-corrected chi connectivity index (χ0v) is 15.7. The fourth-order valence-corrected chi connectivity index (χ4v) is 2.83. The van der Waals surface area contributed by atoms with Crippen molar-refractivity contribution >= 4 is 12.0 Å². The first-order chi connectivity index (χ1) is 14.3. The minimum absolute atomic E-state index is 0.149. The first kappa shape index (κ1) is 18.4. The second-order valence-electron chi connectivity index (χ2n) is 6.51. The van der Waals surface area contributed by atoms with Crippen LogP contribution >= 0.6 is 0 Å². The van der Waals surface area contributed by atoms with Crippen molar-refractivity contribution in [3.8, 4) is 5.69 Å². The van der Waals surface area contributed by atoms with Crippen molar-refractivity contribution in [2.24, 2.45) is 0 Å². The van der Waals surface area contributed by atoms with Crippen LogP contribution in [0, 0.1) is 0 Å². The molecule has 0 bridgehead atoms. The highest BCUT2D eigenvalue weighted by atomic mass is 16.1. The highest BCUT2D eigenvalue weighted by Crippen LogP contribution is 2.09. The number of aromatic nitrogens is 5. The normalized spacial score (nSPS) is 11.0. The van der Waals surface area contributed by atoms with E-state index in [0.29, 0.717) is 13.1 Å². The number of rotatable bonds is 7. The molecule has 0 atom stereocenters. The van der Waals surface area contributed by atoms with E-state index in [0.717, 1.165) is 22.4 Å². The third-order valence-corrected chi connectivity index (χ3v) is 4.35. The quantitative estimate of drug-likeness (QED) is 0.497. The topological polar surface area (TPSA) is 77.6 Å². The number of nitrogens with one attached hydrogen (secondary N) is 1. The van der Waals surface area contributed by atoms with Gasteiger partial charge in [0.25, 0.3) is 0 Å². The predicted octanol–water partition coefficient (Wildman–Crippen LogP) is 2.84. The Labute approximate surface area is 168 Å². The van der Waals surface area contributed by atoms with Crippen molar-refractivity contribution < 1.29 is 4.79 Å². The molecule has 7 heteroatoms. The minimum atomic E-state index is -0.149. The average Bonchev–Trinajstić information content (AvgIpc) is 3.45. The van der Waals surface area contributed by atoms with Gasteiger partial charge >= 0.3 is 0 Å². The summed E-state index contributed by atoms with van der Waals surface area (Å²) in [7, 11) is 0. The van der Waals surface area contributed by atoms with E-state index in [4.69, 9.17) is 0 Å². The maximum atomic E-state index is 12.1. The van der Waals surface area contributed by atoms with Crippen LogP contribution in [0.25, 0.3) is 11.8 Å². The van der Waals surface area contributed by atoms with Crippen molar-refractivity contribution in [2.45, 2.75) is 13.1 Å². The molecule has 29 heavy (non-hydrogen) atoms. The molecular formula is C22H20N6O. The smallest absolute Gasteiger partial charge is 0.244 e. The van der Waals surface area contributed by atoms with E-state index in [1.54, 1.807) is 28.0 Å². The van der Waals surface area contributed by atoms with Gasteiger partial charge in [-0.15, -0.1) is 0 Å². The maximum absolute atomic E-state index is 12.1. The molecule has 2 aromatic heterocycles. The van der Waals surface area contributed by atoms with E-state index in [2.05, 4.69) is 20.5 Å². The third kappa shape index (κ3) is 5.04. The molecule has 7 nitrogen and oxygen atoms in total. The Bertz CT molecular complexity index is 1080. The van der Waals surface area contributed by atoms with Crippen LogP contribution < -0.4 is 5.32 Å². The van der Waals surface area contributed by atoms with Gasteiger partial charge in [0.2, 0.25) is 5.91 Å². The number of carbonyl (C=O) groups excluding carboxylic acids is 1. The summed E-state index contributed by atoms with van der Waals surface area (Å²) in [5, 5.41) is 11.3. The lowest BCUT2D eigenvalue weighted by atomic mass is 10.1. The Morgan fingerprint density at radius 2 is 1.79 bits per heavy atom. The van der Waals surface area contributed by atoms with Crippen LogP contribution in [0.3, 0.4) is 0 Å². The summed E-state index contributed by atoms with van der Waals surface area (Å²) in [6, 6.07) is 17.9. The molecule has 4 rings (SSSR count). The fraction of sp³-hybridized carbons (Fsp3) is 0.0909. The Kier molecular flexibility index (Phi) is 5.57. The van der Waals surface area contributed by atoms with E-state index < -0.39 is 0 Å². The molecule has 0 aliphatic carbocycles. The molecule has 4 aromatic rings. The van der Waals surface area contributed by atoms with E-state index in [9.17, 15) is 4.79 Å². The molecule has 0 saturated carbocycles. The molecule has 1 N–H and O–H groups in total. The van der Waals surface area contributed by atoms with Gasteiger partial charge in [-0.2, -0.15) is 10.2 Å². The van der Waals surface area contributed by atoms with E-state index in [-0.39, 0.29) is 5.91 Å². The summed E-state index contributed by atoms with van der Waals surface area (Å²) >= 11 is 0. The highest BCUT2D eigenvalue weighted by molar-refractivity contribution is 5.91. The second kappa shape index (κ2) is 8.79. The van der Waals surface area contributed by atoms with Crippen LogP contribution in [-0.4, -0.2) is 30.5 Å². The van der Waals surface area contributed by atoms with Crippen LogP contribution in [0.4, 0.5) is 0 Å². The average molecular weight is 384 g/mol. The molecule has 0 fully saturated rings. The van der Waals surface area contributed by atoms with E-state index >= 15 is 0 Å². The highest BCUT2D eigenvalue weighted by Gasteiger charge is 2.01. The molecule has 1 amide bonds. The Morgan fingerprint density at radius 1 is 1.00 bits per heavy atom. The Morgan fingerprint density at radius 3 is 2.55 bits per heavy atom. The molecule has 0 aliphatic heterocycles. The fourth-order valence-electron chi connectivity index (χ4n) is 2.83. The Hall–Kier alpha value is -4.00. The van der Waals surface area contributed by atoms with Crippen LogP contribution in [0.15, 0.2) is 85.7 Å². The molecule has 2 heterocycles. The number of benzene rings is 2. The zero-order chi connectivity index (χ0) is 19.9. The van der Waals surface area contributed by atoms with Crippen LogP contribution in [0.1, 0.15) is 16.7 Å².